The van der Waals surface area contributed by atoms with Crippen LogP contribution in [0.1, 0.15) is 17.0 Å². The summed E-state index contributed by atoms with van der Waals surface area (Å²) in [5.74, 6) is 0.222. The largest absolute Gasteiger partial charge is 0.493 e. The van der Waals surface area contributed by atoms with E-state index in [1.54, 1.807) is 0 Å². The molecule has 2 rings (SSSR count). The van der Waals surface area contributed by atoms with E-state index in [1.807, 2.05) is 31.2 Å². The Morgan fingerprint density at radius 2 is 2.00 bits per heavy atom. The molecule has 0 saturated carbocycles. The summed E-state index contributed by atoms with van der Waals surface area (Å²) in [7, 11) is 0. The Hall–Kier alpha value is -2.10. The highest BCUT2D eigenvalue weighted by molar-refractivity contribution is 5.24. The molecule has 0 bridgehead atoms. The van der Waals surface area contributed by atoms with Crippen molar-refractivity contribution >= 4 is 0 Å². The van der Waals surface area contributed by atoms with E-state index in [0.717, 1.165) is 11.6 Å². The first-order valence-corrected chi connectivity index (χ1v) is 4.98. The maximum absolute atomic E-state index is 11.1. The third kappa shape index (κ3) is 2.48. The number of hydrogen-bond acceptors (Lipinski definition) is 3. The van der Waals surface area contributed by atoms with Gasteiger partial charge in [-0.05, 0) is 12.5 Å². The number of aryl methyl sites for hydroxylation is 1. The number of nitrogens with one attached hydrogen (secondary N) is 1. The summed E-state index contributed by atoms with van der Waals surface area (Å²) < 4.78 is 0. The summed E-state index contributed by atoms with van der Waals surface area (Å²) in [5, 5.41) is 9.18. The quantitative estimate of drug-likeness (QED) is 0.796. The van der Waals surface area contributed by atoms with Gasteiger partial charge in [0.1, 0.15) is 5.82 Å². The third-order valence-corrected chi connectivity index (χ3v) is 2.27. The molecule has 16 heavy (non-hydrogen) atoms. The molecule has 82 valence electrons. The molecule has 0 spiro atoms. The van der Waals surface area contributed by atoms with Gasteiger partial charge in [-0.1, -0.05) is 29.8 Å². The molecule has 0 unspecified atom stereocenters. The van der Waals surface area contributed by atoms with E-state index in [-0.39, 0.29) is 11.4 Å². The van der Waals surface area contributed by atoms with Crippen LogP contribution in [0, 0.1) is 6.92 Å². The molecular weight excluding hydrogens is 204 g/mol. The van der Waals surface area contributed by atoms with Crippen molar-refractivity contribution < 1.29 is 5.11 Å². The standard InChI is InChI=1S/C12H12N2O2/c1-8-2-4-9(5-3-8)6-10-13-11(15)7-12(16)14-10/h2-5,7H,6H2,1H3,(H2,13,14,15,16). The molecule has 0 amide bonds. The second-order valence-corrected chi connectivity index (χ2v) is 3.71. The first-order valence-electron chi connectivity index (χ1n) is 4.98. The lowest BCUT2D eigenvalue weighted by Crippen LogP contribution is -2.09. The Morgan fingerprint density at radius 1 is 1.31 bits per heavy atom. The summed E-state index contributed by atoms with van der Waals surface area (Å²) in [6.45, 7) is 2.01. The zero-order valence-corrected chi connectivity index (χ0v) is 8.90. The lowest BCUT2D eigenvalue weighted by Gasteiger charge is -2.02. The van der Waals surface area contributed by atoms with Crippen LogP contribution < -0.4 is 5.56 Å². The average molecular weight is 216 g/mol. The normalized spacial score (nSPS) is 10.3. The minimum absolute atomic E-state index is 0.245. The van der Waals surface area contributed by atoms with E-state index in [9.17, 15) is 9.90 Å². The van der Waals surface area contributed by atoms with Gasteiger partial charge in [-0.3, -0.25) is 4.79 Å². The van der Waals surface area contributed by atoms with E-state index in [4.69, 9.17) is 0 Å². The third-order valence-electron chi connectivity index (χ3n) is 2.27. The second kappa shape index (κ2) is 4.18. The summed E-state index contributed by atoms with van der Waals surface area (Å²) in [6.07, 6.45) is 0.504. The minimum Gasteiger partial charge on any atom is -0.493 e. The number of benzene rings is 1. The van der Waals surface area contributed by atoms with Crippen molar-refractivity contribution in [2.45, 2.75) is 13.3 Å². The van der Waals surface area contributed by atoms with Gasteiger partial charge >= 0.3 is 0 Å². The molecule has 0 radical (unpaired) electrons. The Kier molecular flexibility index (Phi) is 2.72. The monoisotopic (exact) mass is 216 g/mol. The first kappa shape index (κ1) is 10.4. The number of aromatic hydroxyl groups is 1. The van der Waals surface area contributed by atoms with Crippen LogP contribution in [-0.4, -0.2) is 15.1 Å². The fraction of sp³-hybridized carbons (Fsp3) is 0.167. The Labute approximate surface area is 92.6 Å². The van der Waals surface area contributed by atoms with Crippen LogP contribution in [0.15, 0.2) is 35.1 Å². The molecule has 1 heterocycles. The molecule has 0 aliphatic rings. The van der Waals surface area contributed by atoms with E-state index in [0.29, 0.717) is 12.2 Å². The zero-order valence-electron chi connectivity index (χ0n) is 8.90. The molecule has 2 aromatic rings. The lowest BCUT2D eigenvalue weighted by molar-refractivity contribution is 0.448. The molecule has 0 saturated heterocycles. The van der Waals surface area contributed by atoms with Gasteiger partial charge < -0.3 is 10.1 Å². The SMILES string of the molecule is Cc1ccc(Cc2nc(O)cc(=O)[nH]2)cc1. The van der Waals surface area contributed by atoms with Crippen molar-refractivity contribution in [2.24, 2.45) is 0 Å². The predicted octanol–water partition coefficient (Wildman–Crippen LogP) is 1.37. The zero-order chi connectivity index (χ0) is 11.5. The fourth-order valence-corrected chi connectivity index (χ4v) is 1.48. The molecule has 4 heteroatoms. The van der Waals surface area contributed by atoms with Gasteiger partial charge in [-0.15, -0.1) is 0 Å². The van der Waals surface area contributed by atoms with Crippen molar-refractivity contribution in [3.8, 4) is 5.88 Å². The lowest BCUT2D eigenvalue weighted by atomic mass is 10.1. The van der Waals surface area contributed by atoms with E-state index < -0.39 is 0 Å². The maximum atomic E-state index is 11.1. The van der Waals surface area contributed by atoms with Crippen LogP contribution in [0.4, 0.5) is 0 Å². The van der Waals surface area contributed by atoms with E-state index >= 15 is 0 Å². The van der Waals surface area contributed by atoms with Gasteiger partial charge in [0, 0.05) is 6.42 Å². The Balaban J connectivity index is 2.26. The van der Waals surface area contributed by atoms with Gasteiger partial charge in [0.05, 0.1) is 6.07 Å². The maximum Gasteiger partial charge on any atom is 0.254 e. The van der Waals surface area contributed by atoms with E-state index in [1.165, 1.54) is 5.56 Å². The number of hydrogen-bond donors (Lipinski definition) is 2. The summed E-state index contributed by atoms with van der Waals surface area (Å²) in [4.78, 5) is 17.5. The molecule has 0 aliphatic carbocycles. The van der Waals surface area contributed by atoms with E-state index in [2.05, 4.69) is 9.97 Å². The first-order chi connectivity index (χ1) is 7.63. The number of nitrogens with zero attached hydrogens (tertiary/aromatic N) is 1. The van der Waals surface area contributed by atoms with Crippen molar-refractivity contribution in [2.75, 3.05) is 0 Å². The van der Waals surface area contributed by atoms with Crippen molar-refractivity contribution in [3.05, 3.63) is 57.6 Å². The highest BCUT2D eigenvalue weighted by Gasteiger charge is 2.01. The van der Waals surface area contributed by atoms with Crippen LogP contribution >= 0.6 is 0 Å². The van der Waals surface area contributed by atoms with Gasteiger partial charge in [-0.2, -0.15) is 4.98 Å². The molecule has 0 atom stereocenters. The second-order valence-electron chi connectivity index (χ2n) is 3.71. The van der Waals surface area contributed by atoms with Crippen molar-refractivity contribution in [3.63, 3.8) is 0 Å². The molecule has 1 aromatic carbocycles. The van der Waals surface area contributed by atoms with Crippen LogP contribution in [0.2, 0.25) is 0 Å². The highest BCUT2D eigenvalue weighted by Crippen LogP contribution is 2.08. The summed E-state index contributed by atoms with van der Waals surface area (Å²) >= 11 is 0. The van der Waals surface area contributed by atoms with Crippen LogP contribution in [-0.2, 0) is 6.42 Å². The van der Waals surface area contributed by atoms with Crippen LogP contribution in [0.5, 0.6) is 5.88 Å². The van der Waals surface area contributed by atoms with Crippen LogP contribution in [0.25, 0.3) is 0 Å². The van der Waals surface area contributed by atoms with Gasteiger partial charge in [0.2, 0.25) is 5.88 Å². The van der Waals surface area contributed by atoms with Crippen molar-refractivity contribution in [1.82, 2.24) is 9.97 Å². The Bertz CT molecular complexity index is 544. The average Bonchev–Trinajstić information content (AvgIpc) is 2.20. The van der Waals surface area contributed by atoms with Crippen LogP contribution in [0.3, 0.4) is 0 Å². The topological polar surface area (TPSA) is 66.0 Å². The van der Waals surface area contributed by atoms with Gasteiger partial charge in [0.15, 0.2) is 0 Å². The highest BCUT2D eigenvalue weighted by atomic mass is 16.3. The number of H-pyrrole nitrogens is 1. The van der Waals surface area contributed by atoms with Gasteiger partial charge in [-0.25, -0.2) is 0 Å². The molecular formula is C12H12N2O2. The molecule has 2 N–H and O–H groups in total. The van der Waals surface area contributed by atoms with Gasteiger partial charge in [0.25, 0.3) is 5.56 Å². The fourth-order valence-electron chi connectivity index (χ4n) is 1.48. The number of aromatic nitrogens is 2. The smallest absolute Gasteiger partial charge is 0.254 e. The molecule has 4 nitrogen and oxygen atoms in total. The van der Waals surface area contributed by atoms with Crippen molar-refractivity contribution in [1.29, 1.82) is 0 Å². The molecule has 0 aliphatic heterocycles. The minimum atomic E-state index is -0.338. The summed E-state index contributed by atoms with van der Waals surface area (Å²) in [5.41, 5.74) is 1.88. The summed E-state index contributed by atoms with van der Waals surface area (Å²) in [6, 6.07) is 8.99. The molecule has 1 aromatic heterocycles. The predicted molar refractivity (Wildman–Crippen MR) is 60.5 cm³/mol. The number of aromatic amines is 1. The number of rotatable bonds is 2. The molecule has 0 fully saturated rings. The Morgan fingerprint density at radius 3 is 2.62 bits per heavy atom.